The molecule has 1 aliphatic rings. The maximum atomic E-state index is 5.83. The zero-order valence-electron chi connectivity index (χ0n) is 9.33. The SMILES string of the molecule is Cc1ccc(C(CN)CNC2CCC2)s1. The maximum absolute atomic E-state index is 5.83. The molecule has 84 valence electrons. The summed E-state index contributed by atoms with van der Waals surface area (Å²) in [6.07, 6.45) is 4.09. The summed E-state index contributed by atoms with van der Waals surface area (Å²) in [5.74, 6) is 0.504. The number of hydrogen-bond acceptors (Lipinski definition) is 3. The summed E-state index contributed by atoms with van der Waals surface area (Å²) in [6.45, 7) is 3.95. The first-order chi connectivity index (χ1) is 7.29. The Kier molecular flexibility index (Phi) is 3.78. The molecule has 1 saturated carbocycles. The Morgan fingerprint density at radius 2 is 2.33 bits per heavy atom. The molecule has 1 heterocycles. The molecule has 1 aromatic rings. The molecule has 0 saturated heterocycles. The molecule has 3 heteroatoms. The molecule has 1 unspecified atom stereocenters. The minimum Gasteiger partial charge on any atom is -0.330 e. The third-order valence-electron chi connectivity index (χ3n) is 3.21. The lowest BCUT2D eigenvalue weighted by molar-refractivity contribution is 0.333. The number of nitrogens with one attached hydrogen (secondary N) is 1. The molecular formula is C12H20N2S. The highest BCUT2D eigenvalue weighted by Crippen LogP contribution is 2.24. The van der Waals surface area contributed by atoms with E-state index < -0.39 is 0 Å². The smallest absolute Gasteiger partial charge is 0.0181 e. The summed E-state index contributed by atoms with van der Waals surface area (Å²) in [4.78, 5) is 2.81. The van der Waals surface area contributed by atoms with Crippen molar-refractivity contribution in [3.63, 3.8) is 0 Å². The fourth-order valence-corrected chi connectivity index (χ4v) is 2.88. The number of hydrogen-bond donors (Lipinski definition) is 2. The van der Waals surface area contributed by atoms with Gasteiger partial charge in [0.25, 0.3) is 0 Å². The number of thiophene rings is 1. The lowest BCUT2D eigenvalue weighted by Crippen LogP contribution is -2.38. The third kappa shape index (κ3) is 2.80. The van der Waals surface area contributed by atoms with Crippen LogP contribution in [0.15, 0.2) is 12.1 Å². The molecule has 3 N–H and O–H groups in total. The minimum atomic E-state index is 0.504. The highest BCUT2D eigenvalue weighted by molar-refractivity contribution is 7.12. The van der Waals surface area contributed by atoms with Crippen molar-refractivity contribution in [1.29, 1.82) is 0 Å². The Morgan fingerprint density at radius 3 is 2.80 bits per heavy atom. The van der Waals surface area contributed by atoms with Gasteiger partial charge in [0, 0.05) is 34.8 Å². The van der Waals surface area contributed by atoms with Crippen LogP contribution in [0.25, 0.3) is 0 Å². The van der Waals surface area contributed by atoms with Crippen molar-refractivity contribution >= 4 is 11.3 Å². The van der Waals surface area contributed by atoms with Crippen LogP contribution in [-0.4, -0.2) is 19.1 Å². The van der Waals surface area contributed by atoms with E-state index in [1.54, 1.807) is 0 Å². The Balaban J connectivity index is 1.85. The fourth-order valence-electron chi connectivity index (χ4n) is 1.89. The van der Waals surface area contributed by atoms with Crippen LogP contribution in [-0.2, 0) is 0 Å². The van der Waals surface area contributed by atoms with Crippen LogP contribution in [0.4, 0.5) is 0 Å². The molecule has 0 amide bonds. The third-order valence-corrected chi connectivity index (χ3v) is 4.37. The van der Waals surface area contributed by atoms with E-state index in [0.29, 0.717) is 5.92 Å². The molecule has 1 aliphatic carbocycles. The largest absolute Gasteiger partial charge is 0.330 e. The van der Waals surface area contributed by atoms with Crippen LogP contribution >= 0.6 is 11.3 Å². The van der Waals surface area contributed by atoms with Gasteiger partial charge in [0.05, 0.1) is 0 Å². The first-order valence-electron chi connectivity index (χ1n) is 5.79. The molecule has 0 spiro atoms. The average Bonchev–Trinajstić information content (AvgIpc) is 2.56. The van der Waals surface area contributed by atoms with Crippen molar-refractivity contribution in [2.75, 3.05) is 13.1 Å². The maximum Gasteiger partial charge on any atom is 0.0181 e. The number of rotatable bonds is 5. The molecule has 0 bridgehead atoms. The summed E-state index contributed by atoms with van der Waals surface area (Å²) in [5.41, 5.74) is 5.83. The highest BCUT2D eigenvalue weighted by Gasteiger charge is 2.19. The van der Waals surface area contributed by atoms with E-state index in [-0.39, 0.29) is 0 Å². The first-order valence-corrected chi connectivity index (χ1v) is 6.61. The summed E-state index contributed by atoms with van der Waals surface area (Å²) >= 11 is 1.88. The second-order valence-electron chi connectivity index (χ2n) is 4.42. The van der Waals surface area contributed by atoms with Gasteiger partial charge in [-0.1, -0.05) is 6.42 Å². The second kappa shape index (κ2) is 5.10. The molecule has 15 heavy (non-hydrogen) atoms. The summed E-state index contributed by atoms with van der Waals surface area (Å²) in [7, 11) is 0. The standard InChI is InChI=1S/C12H20N2S/c1-9-5-6-12(15-9)10(7-13)8-14-11-3-2-4-11/h5-6,10-11,14H,2-4,7-8,13H2,1H3. The van der Waals surface area contributed by atoms with E-state index >= 15 is 0 Å². The minimum absolute atomic E-state index is 0.504. The van der Waals surface area contributed by atoms with E-state index in [2.05, 4.69) is 24.4 Å². The van der Waals surface area contributed by atoms with E-state index in [0.717, 1.165) is 19.1 Å². The Hall–Kier alpha value is -0.380. The van der Waals surface area contributed by atoms with E-state index in [4.69, 9.17) is 5.73 Å². The zero-order chi connectivity index (χ0) is 10.7. The van der Waals surface area contributed by atoms with E-state index in [9.17, 15) is 0 Å². The Labute approximate surface area is 95.9 Å². The normalized spacial score (nSPS) is 18.8. The van der Waals surface area contributed by atoms with Crippen molar-refractivity contribution in [1.82, 2.24) is 5.32 Å². The predicted octanol–water partition coefficient (Wildman–Crippen LogP) is 2.24. The van der Waals surface area contributed by atoms with Gasteiger partial charge in [-0.15, -0.1) is 11.3 Å². The molecule has 1 atom stereocenters. The summed E-state index contributed by atoms with van der Waals surface area (Å²) in [6, 6.07) is 5.17. The average molecular weight is 224 g/mol. The Bertz CT molecular complexity index is 304. The molecule has 2 rings (SSSR count). The van der Waals surface area contributed by atoms with Gasteiger partial charge in [-0.05, 0) is 31.9 Å². The van der Waals surface area contributed by atoms with Gasteiger partial charge in [-0.25, -0.2) is 0 Å². The van der Waals surface area contributed by atoms with E-state index in [1.165, 1.54) is 29.0 Å². The number of aryl methyl sites for hydroxylation is 1. The molecule has 0 aliphatic heterocycles. The Morgan fingerprint density at radius 1 is 1.53 bits per heavy atom. The van der Waals surface area contributed by atoms with Gasteiger partial charge in [0.1, 0.15) is 0 Å². The van der Waals surface area contributed by atoms with Crippen LogP contribution in [0, 0.1) is 6.92 Å². The van der Waals surface area contributed by atoms with Gasteiger partial charge in [-0.2, -0.15) is 0 Å². The van der Waals surface area contributed by atoms with Gasteiger partial charge in [-0.3, -0.25) is 0 Å². The van der Waals surface area contributed by atoms with Crippen molar-refractivity contribution < 1.29 is 0 Å². The van der Waals surface area contributed by atoms with E-state index in [1.807, 2.05) is 11.3 Å². The predicted molar refractivity (Wildman–Crippen MR) is 66.5 cm³/mol. The zero-order valence-corrected chi connectivity index (χ0v) is 10.1. The van der Waals surface area contributed by atoms with Gasteiger partial charge in [0.15, 0.2) is 0 Å². The molecule has 1 aromatic heterocycles. The van der Waals surface area contributed by atoms with Gasteiger partial charge in [0.2, 0.25) is 0 Å². The van der Waals surface area contributed by atoms with Crippen LogP contribution in [0.2, 0.25) is 0 Å². The highest BCUT2D eigenvalue weighted by atomic mass is 32.1. The monoisotopic (exact) mass is 224 g/mol. The summed E-state index contributed by atoms with van der Waals surface area (Å²) in [5, 5.41) is 3.60. The molecule has 2 nitrogen and oxygen atoms in total. The molecular weight excluding hydrogens is 204 g/mol. The van der Waals surface area contributed by atoms with Crippen molar-refractivity contribution in [2.45, 2.75) is 38.1 Å². The second-order valence-corrected chi connectivity index (χ2v) is 5.74. The van der Waals surface area contributed by atoms with Gasteiger partial charge < -0.3 is 11.1 Å². The van der Waals surface area contributed by atoms with Crippen LogP contribution < -0.4 is 11.1 Å². The van der Waals surface area contributed by atoms with Crippen molar-refractivity contribution in [2.24, 2.45) is 5.73 Å². The number of nitrogens with two attached hydrogens (primary N) is 1. The van der Waals surface area contributed by atoms with Gasteiger partial charge >= 0.3 is 0 Å². The molecule has 1 fully saturated rings. The molecule has 0 radical (unpaired) electrons. The van der Waals surface area contributed by atoms with Crippen LogP contribution in [0.5, 0.6) is 0 Å². The first kappa shape index (κ1) is 11.1. The topological polar surface area (TPSA) is 38.0 Å². The van der Waals surface area contributed by atoms with Crippen LogP contribution in [0.1, 0.15) is 34.9 Å². The lowest BCUT2D eigenvalue weighted by atomic mass is 9.92. The van der Waals surface area contributed by atoms with Crippen molar-refractivity contribution in [3.8, 4) is 0 Å². The van der Waals surface area contributed by atoms with Crippen molar-refractivity contribution in [3.05, 3.63) is 21.9 Å². The summed E-state index contributed by atoms with van der Waals surface area (Å²) < 4.78 is 0. The molecule has 0 aromatic carbocycles. The van der Waals surface area contributed by atoms with Crippen LogP contribution in [0.3, 0.4) is 0 Å². The lowest BCUT2D eigenvalue weighted by Gasteiger charge is -2.28. The quantitative estimate of drug-likeness (QED) is 0.805. The fraction of sp³-hybridized carbons (Fsp3) is 0.667.